The smallest absolute Gasteiger partial charge is 0.343 e. The van der Waals surface area contributed by atoms with Gasteiger partial charge in [0.1, 0.15) is 15.4 Å². The molecule has 19 heavy (non-hydrogen) atoms. The minimum absolute atomic E-state index is 0.0813. The Balaban J connectivity index is 3.24. The number of methoxy groups -OCH3 is 1. The number of thiophene rings is 1. The Kier molecular flexibility index (Phi) is 5.17. The molecule has 1 aromatic rings. The summed E-state index contributed by atoms with van der Waals surface area (Å²) in [6.45, 7) is 4.07. The molecule has 0 radical (unpaired) electrons. The van der Waals surface area contributed by atoms with Gasteiger partial charge in [-0.3, -0.25) is 4.79 Å². The molecule has 0 aromatic carbocycles. The highest BCUT2D eigenvalue weighted by atomic mass is 32.1. The molecule has 1 aromatic heterocycles. The van der Waals surface area contributed by atoms with E-state index in [4.69, 9.17) is 16.2 Å². The van der Waals surface area contributed by atoms with Crippen LogP contribution in [0.1, 0.15) is 46.7 Å². The first-order chi connectivity index (χ1) is 8.96. The molecule has 0 saturated heterocycles. The molecule has 106 valence electrons. The first-order valence-electron chi connectivity index (χ1n) is 6.03. The fraction of sp³-hybridized carbons (Fsp3) is 0.500. The largest absolute Gasteiger partial charge is 0.465 e. The zero-order valence-corrected chi connectivity index (χ0v) is 12.1. The highest BCUT2D eigenvalue weighted by molar-refractivity contribution is 7.19. The van der Waals surface area contributed by atoms with Crippen LogP contribution in [0.3, 0.4) is 0 Å². The van der Waals surface area contributed by atoms with E-state index in [1.165, 1.54) is 7.11 Å². The lowest BCUT2D eigenvalue weighted by Crippen LogP contribution is -2.18. The van der Waals surface area contributed by atoms with Gasteiger partial charge in [-0.15, -0.1) is 11.3 Å². The molecule has 1 rings (SSSR count). The Morgan fingerprint density at radius 3 is 2.37 bits per heavy atom. The summed E-state index contributed by atoms with van der Waals surface area (Å²) in [4.78, 5) is 23.2. The summed E-state index contributed by atoms with van der Waals surface area (Å²) < 4.78 is 4.70. The van der Waals surface area contributed by atoms with E-state index >= 15 is 0 Å². The zero-order valence-electron chi connectivity index (χ0n) is 11.3. The monoisotopic (exact) mass is 285 g/mol. The normalized spacial score (nSPS) is 10.5. The number of nitrogens with two attached hydrogens (primary N) is 2. The summed E-state index contributed by atoms with van der Waals surface area (Å²) in [7, 11) is 1.27. The summed E-state index contributed by atoms with van der Waals surface area (Å²) in [6, 6.07) is 0.196. The number of anilines is 2. The number of nitrogen functional groups attached to an aromatic ring is 1. The van der Waals surface area contributed by atoms with Crippen LogP contribution in [0.5, 0.6) is 0 Å². The van der Waals surface area contributed by atoms with Gasteiger partial charge in [0.15, 0.2) is 0 Å². The maximum Gasteiger partial charge on any atom is 0.343 e. The maximum atomic E-state index is 11.8. The van der Waals surface area contributed by atoms with Gasteiger partial charge in [-0.05, 0) is 12.8 Å². The van der Waals surface area contributed by atoms with Crippen LogP contribution < -0.4 is 16.8 Å². The molecular formula is C12H19N3O3S. The van der Waals surface area contributed by atoms with Crippen LogP contribution in [0.2, 0.25) is 0 Å². The van der Waals surface area contributed by atoms with E-state index in [1.54, 1.807) is 0 Å². The Bertz CT molecular complexity index is 481. The first kappa shape index (κ1) is 15.3. The van der Waals surface area contributed by atoms with Crippen molar-refractivity contribution in [2.24, 2.45) is 5.73 Å². The SMILES string of the molecule is CCC(CC)Nc1sc(C(N)=O)c(N)c1C(=O)OC. The van der Waals surface area contributed by atoms with Gasteiger partial charge in [0.25, 0.3) is 5.91 Å². The third kappa shape index (κ3) is 3.17. The number of nitrogens with one attached hydrogen (secondary N) is 1. The maximum absolute atomic E-state index is 11.8. The minimum atomic E-state index is -0.648. The first-order valence-corrected chi connectivity index (χ1v) is 6.84. The lowest BCUT2D eigenvalue weighted by atomic mass is 10.1. The molecule has 0 fully saturated rings. The van der Waals surface area contributed by atoms with Crippen molar-refractivity contribution in [2.75, 3.05) is 18.2 Å². The second-order valence-electron chi connectivity index (χ2n) is 4.06. The van der Waals surface area contributed by atoms with E-state index in [9.17, 15) is 9.59 Å². The molecule has 0 saturated carbocycles. The van der Waals surface area contributed by atoms with Crippen LogP contribution in [0, 0.1) is 0 Å². The number of rotatable bonds is 6. The van der Waals surface area contributed by atoms with Crippen molar-refractivity contribution in [1.82, 2.24) is 0 Å². The zero-order chi connectivity index (χ0) is 14.6. The molecule has 1 amide bonds. The number of ether oxygens (including phenoxy) is 1. The molecule has 6 nitrogen and oxygen atoms in total. The number of primary amides is 1. The van der Waals surface area contributed by atoms with Crippen molar-refractivity contribution in [3.8, 4) is 0 Å². The van der Waals surface area contributed by atoms with Gasteiger partial charge in [-0.25, -0.2) is 4.79 Å². The summed E-state index contributed by atoms with van der Waals surface area (Å²) in [5.74, 6) is -1.22. The quantitative estimate of drug-likeness (QED) is 0.691. The minimum Gasteiger partial charge on any atom is -0.465 e. The van der Waals surface area contributed by atoms with Crippen LogP contribution in [-0.4, -0.2) is 25.0 Å². The lowest BCUT2D eigenvalue weighted by molar-refractivity contribution is 0.0603. The number of carbonyl (C=O) groups is 2. The van der Waals surface area contributed by atoms with Gasteiger partial charge >= 0.3 is 5.97 Å². The van der Waals surface area contributed by atoms with Crippen molar-refractivity contribution in [2.45, 2.75) is 32.7 Å². The molecule has 0 spiro atoms. The molecule has 0 aliphatic carbocycles. The second-order valence-corrected chi connectivity index (χ2v) is 5.08. The lowest BCUT2D eigenvalue weighted by Gasteiger charge is -2.15. The van der Waals surface area contributed by atoms with Crippen LogP contribution in [0.4, 0.5) is 10.7 Å². The molecule has 0 aliphatic rings. The van der Waals surface area contributed by atoms with Crippen LogP contribution >= 0.6 is 11.3 Å². The topological polar surface area (TPSA) is 107 Å². The molecule has 0 aliphatic heterocycles. The van der Waals surface area contributed by atoms with Gasteiger partial charge in [0.2, 0.25) is 0 Å². The predicted octanol–water partition coefficient (Wildman–Crippen LogP) is 1.82. The average Bonchev–Trinajstić information content (AvgIpc) is 2.72. The van der Waals surface area contributed by atoms with Crippen LogP contribution in [0.15, 0.2) is 0 Å². The Labute approximate surface area is 116 Å². The van der Waals surface area contributed by atoms with E-state index in [0.717, 1.165) is 24.2 Å². The number of carbonyl (C=O) groups excluding carboxylic acids is 2. The average molecular weight is 285 g/mol. The molecular weight excluding hydrogens is 266 g/mol. The predicted molar refractivity (Wildman–Crippen MR) is 76.6 cm³/mol. The number of esters is 1. The summed E-state index contributed by atoms with van der Waals surface area (Å²) >= 11 is 1.09. The van der Waals surface area contributed by atoms with Crippen molar-refractivity contribution >= 4 is 33.9 Å². The van der Waals surface area contributed by atoms with E-state index in [0.29, 0.717) is 5.00 Å². The van der Waals surface area contributed by atoms with E-state index in [1.807, 2.05) is 13.8 Å². The molecule has 5 N–H and O–H groups in total. The van der Waals surface area contributed by atoms with Gasteiger partial charge < -0.3 is 21.5 Å². The summed E-state index contributed by atoms with van der Waals surface area (Å²) in [5, 5.41) is 3.74. The number of hydrogen-bond acceptors (Lipinski definition) is 6. The molecule has 0 atom stereocenters. The Hall–Kier alpha value is -1.76. The van der Waals surface area contributed by atoms with E-state index in [-0.39, 0.29) is 22.2 Å². The van der Waals surface area contributed by atoms with E-state index < -0.39 is 11.9 Å². The van der Waals surface area contributed by atoms with Crippen molar-refractivity contribution in [3.63, 3.8) is 0 Å². The van der Waals surface area contributed by atoms with E-state index in [2.05, 4.69) is 5.32 Å². The third-order valence-electron chi connectivity index (χ3n) is 2.88. The number of amides is 1. The highest BCUT2D eigenvalue weighted by Crippen LogP contribution is 2.36. The van der Waals surface area contributed by atoms with Gasteiger partial charge in [0, 0.05) is 6.04 Å². The molecule has 0 bridgehead atoms. The van der Waals surface area contributed by atoms with Gasteiger partial charge in [-0.1, -0.05) is 13.8 Å². The highest BCUT2D eigenvalue weighted by Gasteiger charge is 2.25. The van der Waals surface area contributed by atoms with Crippen LogP contribution in [0.25, 0.3) is 0 Å². The fourth-order valence-corrected chi connectivity index (χ4v) is 2.75. The Morgan fingerprint density at radius 1 is 1.37 bits per heavy atom. The molecule has 7 heteroatoms. The standard InChI is InChI=1S/C12H19N3O3S/c1-4-6(5-2)15-11-7(12(17)18-3)8(13)9(19-11)10(14)16/h6,15H,4-5,13H2,1-3H3,(H2,14,16). The fourth-order valence-electron chi connectivity index (χ4n) is 1.71. The molecule has 0 unspecified atom stereocenters. The summed E-state index contributed by atoms with van der Waals surface area (Å²) in [5.41, 5.74) is 11.3. The van der Waals surface area contributed by atoms with Crippen LogP contribution in [-0.2, 0) is 4.74 Å². The second kappa shape index (κ2) is 6.42. The number of hydrogen-bond donors (Lipinski definition) is 3. The van der Waals surface area contributed by atoms with Crippen molar-refractivity contribution in [1.29, 1.82) is 0 Å². The van der Waals surface area contributed by atoms with Crippen molar-refractivity contribution < 1.29 is 14.3 Å². The summed E-state index contributed by atoms with van der Waals surface area (Å²) in [6.07, 6.45) is 1.78. The Morgan fingerprint density at radius 2 is 1.95 bits per heavy atom. The van der Waals surface area contributed by atoms with Crippen molar-refractivity contribution in [3.05, 3.63) is 10.4 Å². The molecule has 1 heterocycles. The van der Waals surface area contributed by atoms with Gasteiger partial charge in [-0.2, -0.15) is 0 Å². The van der Waals surface area contributed by atoms with Gasteiger partial charge in [0.05, 0.1) is 12.8 Å². The third-order valence-corrected chi connectivity index (χ3v) is 4.03.